The molecule has 0 radical (unpaired) electrons. The Balaban J connectivity index is 1.48. The van der Waals surface area contributed by atoms with E-state index in [1.54, 1.807) is 31.4 Å². The van der Waals surface area contributed by atoms with Crippen LogP contribution in [0.4, 0.5) is 0 Å². The number of furan rings is 1. The second-order valence-electron chi connectivity index (χ2n) is 5.83. The van der Waals surface area contributed by atoms with Gasteiger partial charge in [-0.15, -0.1) is 0 Å². The van der Waals surface area contributed by atoms with Crippen molar-refractivity contribution in [1.82, 2.24) is 10.6 Å². The third-order valence-corrected chi connectivity index (χ3v) is 3.91. The average molecular weight is 340 g/mol. The number of amides is 2. The predicted molar refractivity (Wildman–Crippen MR) is 92.8 cm³/mol. The SMILES string of the molecule is CC(NC(=O)/C=C/c1ccc2c(c1)CCO2)C(=O)NCc1ccco1. The molecule has 1 atom stereocenters. The normalized spacial score (nSPS) is 14.0. The maximum Gasteiger partial charge on any atom is 0.244 e. The molecule has 0 bridgehead atoms. The molecule has 0 spiro atoms. The Morgan fingerprint density at radius 3 is 3.00 bits per heavy atom. The molecule has 0 saturated carbocycles. The largest absolute Gasteiger partial charge is 0.493 e. The topological polar surface area (TPSA) is 80.6 Å². The summed E-state index contributed by atoms with van der Waals surface area (Å²) in [5.41, 5.74) is 2.07. The summed E-state index contributed by atoms with van der Waals surface area (Å²) >= 11 is 0. The number of carbonyl (C=O) groups is 2. The molecule has 25 heavy (non-hydrogen) atoms. The first kappa shape index (κ1) is 16.8. The van der Waals surface area contributed by atoms with Crippen LogP contribution in [0.15, 0.2) is 47.1 Å². The van der Waals surface area contributed by atoms with Crippen LogP contribution in [-0.4, -0.2) is 24.5 Å². The maximum absolute atomic E-state index is 12.0. The lowest BCUT2D eigenvalue weighted by molar-refractivity contribution is -0.126. The maximum atomic E-state index is 12.0. The van der Waals surface area contributed by atoms with E-state index in [2.05, 4.69) is 10.6 Å². The van der Waals surface area contributed by atoms with Crippen LogP contribution in [-0.2, 0) is 22.6 Å². The molecule has 6 nitrogen and oxygen atoms in total. The van der Waals surface area contributed by atoms with Crippen LogP contribution in [0.1, 0.15) is 23.8 Å². The molecule has 2 N–H and O–H groups in total. The van der Waals surface area contributed by atoms with Crippen LogP contribution in [0, 0.1) is 0 Å². The number of carbonyl (C=O) groups excluding carboxylic acids is 2. The summed E-state index contributed by atoms with van der Waals surface area (Å²) in [5, 5.41) is 5.35. The van der Waals surface area contributed by atoms with Gasteiger partial charge in [-0.3, -0.25) is 9.59 Å². The van der Waals surface area contributed by atoms with Crippen molar-refractivity contribution in [2.75, 3.05) is 6.61 Å². The Labute approximate surface area is 145 Å². The first-order chi connectivity index (χ1) is 12.1. The van der Waals surface area contributed by atoms with Gasteiger partial charge in [-0.05, 0) is 48.4 Å². The molecule has 130 valence electrons. The van der Waals surface area contributed by atoms with E-state index in [0.29, 0.717) is 18.9 Å². The molecule has 2 heterocycles. The van der Waals surface area contributed by atoms with E-state index < -0.39 is 6.04 Å². The van der Waals surface area contributed by atoms with Crippen LogP contribution in [0.5, 0.6) is 5.75 Å². The summed E-state index contributed by atoms with van der Waals surface area (Å²) in [7, 11) is 0. The zero-order chi connectivity index (χ0) is 17.6. The second kappa shape index (κ2) is 7.70. The number of hydrogen-bond donors (Lipinski definition) is 2. The molecule has 2 aromatic rings. The Morgan fingerprint density at radius 2 is 2.20 bits per heavy atom. The Morgan fingerprint density at radius 1 is 1.32 bits per heavy atom. The highest BCUT2D eigenvalue weighted by molar-refractivity contribution is 5.95. The molecule has 1 aromatic heterocycles. The quantitative estimate of drug-likeness (QED) is 0.789. The fraction of sp³-hybridized carbons (Fsp3) is 0.263. The molecular formula is C19H20N2O4. The van der Waals surface area contributed by atoms with Crippen LogP contribution in [0.3, 0.4) is 0 Å². The Hall–Kier alpha value is -3.02. The number of ether oxygens (including phenoxy) is 1. The fourth-order valence-corrected chi connectivity index (χ4v) is 2.55. The van der Waals surface area contributed by atoms with Gasteiger partial charge in [0.25, 0.3) is 0 Å². The first-order valence-electron chi connectivity index (χ1n) is 8.16. The minimum absolute atomic E-state index is 0.271. The van der Waals surface area contributed by atoms with Gasteiger partial charge in [0.05, 0.1) is 19.4 Å². The second-order valence-corrected chi connectivity index (χ2v) is 5.83. The molecule has 1 aliphatic rings. The molecule has 0 saturated heterocycles. The highest BCUT2D eigenvalue weighted by Gasteiger charge is 2.14. The van der Waals surface area contributed by atoms with E-state index in [1.165, 1.54) is 6.08 Å². The zero-order valence-electron chi connectivity index (χ0n) is 14.0. The predicted octanol–water partition coefficient (Wildman–Crippen LogP) is 2.05. The summed E-state index contributed by atoms with van der Waals surface area (Å²) in [6.45, 7) is 2.63. The molecular weight excluding hydrogens is 320 g/mol. The lowest BCUT2D eigenvalue weighted by Gasteiger charge is -2.12. The number of rotatable bonds is 6. The number of fused-ring (bicyclic) bond motifs is 1. The summed E-state index contributed by atoms with van der Waals surface area (Å²) in [5.74, 6) is 0.973. The smallest absolute Gasteiger partial charge is 0.244 e. The van der Waals surface area contributed by atoms with Crippen LogP contribution < -0.4 is 15.4 Å². The van der Waals surface area contributed by atoms with Gasteiger partial charge in [-0.25, -0.2) is 0 Å². The average Bonchev–Trinajstić information content (AvgIpc) is 3.28. The molecule has 1 aromatic carbocycles. The van der Waals surface area contributed by atoms with E-state index >= 15 is 0 Å². The Kier molecular flexibility index (Phi) is 5.18. The van der Waals surface area contributed by atoms with Gasteiger partial charge in [0.2, 0.25) is 11.8 Å². The van der Waals surface area contributed by atoms with Crippen molar-refractivity contribution in [3.63, 3.8) is 0 Å². The van der Waals surface area contributed by atoms with Gasteiger partial charge in [0.15, 0.2) is 0 Å². The van der Waals surface area contributed by atoms with Crippen molar-refractivity contribution in [2.24, 2.45) is 0 Å². The third kappa shape index (κ3) is 4.50. The van der Waals surface area contributed by atoms with E-state index in [4.69, 9.17) is 9.15 Å². The van der Waals surface area contributed by atoms with Gasteiger partial charge < -0.3 is 19.8 Å². The lowest BCUT2D eigenvalue weighted by Crippen LogP contribution is -2.44. The molecule has 0 fully saturated rings. The first-order valence-corrected chi connectivity index (χ1v) is 8.16. The van der Waals surface area contributed by atoms with Crippen molar-refractivity contribution >= 4 is 17.9 Å². The molecule has 1 aliphatic heterocycles. The number of hydrogen-bond acceptors (Lipinski definition) is 4. The zero-order valence-corrected chi connectivity index (χ0v) is 14.0. The van der Waals surface area contributed by atoms with Crippen LogP contribution in [0.25, 0.3) is 6.08 Å². The highest BCUT2D eigenvalue weighted by atomic mass is 16.5. The van der Waals surface area contributed by atoms with Crippen LogP contribution >= 0.6 is 0 Å². The molecule has 6 heteroatoms. The van der Waals surface area contributed by atoms with Crippen molar-refractivity contribution in [1.29, 1.82) is 0 Å². The summed E-state index contributed by atoms with van der Waals surface area (Å²) in [4.78, 5) is 23.9. The molecule has 3 rings (SSSR count). The third-order valence-electron chi connectivity index (χ3n) is 3.91. The number of benzene rings is 1. The molecule has 0 aliphatic carbocycles. The number of nitrogens with one attached hydrogen (secondary N) is 2. The summed E-state index contributed by atoms with van der Waals surface area (Å²) in [6, 6.07) is 8.70. The summed E-state index contributed by atoms with van der Waals surface area (Å²) in [6.07, 6.45) is 5.58. The fourth-order valence-electron chi connectivity index (χ4n) is 2.55. The van der Waals surface area contributed by atoms with Gasteiger partial charge in [0, 0.05) is 12.5 Å². The molecule has 2 amide bonds. The monoisotopic (exact) mass is 340 g/mol. The van der Waals surface area contributed by atoms with Gasteiger partial charge in [-0.1, -0.05) is 6.07 Å². The van der Waals surface area contributed by atoms with E-state index in [-0.39, 0.29) is 11.8 Å². The van der Waals surface area contributed by atoms with Crippen LogP contribution in [0.2, 0.25) is 0 Å². The Bertz CT molecular complexity index is 781. The van der Waals surface area contributed by atoms with Crippen molar-refractivity contribution in [2.45, 2.75) is 25.9 Å². The van der Waals surface area contributed by atoms with Crippen molar-refractivity contribution in [3.8, 4) is 5.75 Å². The van der Waals surface area contributed by atoms with E-state index in [9.17, 15) is 9.59 Å². The minimum Gasteiger partial charge on any atom is -0.493 e. The van der Waals surface area contributed by atoms with E-state index in [1.807, 2.05) is 18.2 Å². The van der Waals surface area contributed by atoms with E-state index in [0.717, 1.165) is 23.3 Å². The van der Waals surface area contributed by atoms with Gasteiger partial charge in [-0.2, -0.15) is 0 Å². The lowest BCUT2D eigenvalue weighted by atomic mass is 10.1. The summed E-state index contributed by atoms with van der Waals surface area (Å²) < 4.78 is 10.6. The molecule has 1 unspecified atom stereocenters. The minimum atomic E-state index is -0.638. The van der Waals surface area contributed by atoms with Gasteiger partial charge >= 0.3 is 0 Å². The van der Waals surface area contributed by atoms with Gasteiger partial charge in [0.1, 0.15) is 17.6 Å². The van der Waals surface area contributed by atoms with Crippen molar-refractivity contribution in [3.05, 3.63) is 59.6 Å². The standard InChI is InChI=1S/C19H20N2O4/c1-13(19(23)20-12-16-3-2-9-24-16)21-18(22)7-5-14-4-6-17-15(11-14)8-10-25-17/h2-7,9,11,13H,8,10,12H2,1H3,(H,20,23)(H,21,22)/b7-5+. The van der Waals surface area contributed by atoms with Crippen molar-refractivity contribution < 1.29 is 18.7 Å². The highest BCUT2D eigenvalue weighted by Crippen LogP contribution is 2.26.